The fourth-order valence-corrected chi connectivity index (χ4v) is 6.13. The number of benzene rings is 2. The second-order valence-corrected chi connectivity index (χ2v) is 10.6. The molecule has 1 aliphatic heterocycles. The summed E-state index contributed by atoms with van der Waals surface area (Å²) in [6, 6.07) is 20.4. The number of carbonyl (C=O) groups excluding carboxylic acids is 1. The third-order valence-corrected chi connectivity index (χ3v) is 8.04. The van der Waals surface area contributed by atoms with Gasteiger partial charge >= 0.3 is 0 Å². The lowest BCUT2D eigenvalue weighted by molar-refractivity contribution is -0.130. The number of aromatic amines is 1. The summed E-state index contributed by atoms with van der Waals surface area (Å²) in [5.41, 5.74) is 3.26. The molecule has 0 saturated carbocycles. The number of carbonyl (C=O) groups is 1. The van der Waals surface area contributed by atoms with E-state index in [2.05, 4.69) is 15.1 Å². The van der Waals surface area contributed by atoms with E-state index in [4.69, 9.17) is 16.0 Å². The summed E-state index contributed by atoms with van der Waals surface area (Å²) < 4.78 is 5.61. The summed E-state index contributed by atoms with van der Waals surface area (Å²) >= 11 is 8.62. The smallest absolute Gasteiger partial charge is 0.260 e. The van der Waals surface area contributed by atoms with Crippen LogP contribution in [0, 0.1) is 0 Å². The molecule has 0 radical (unpaired) electrons. The van der Waals surface area contributed by atoms with Crippen LogP contribution in [0.3, 0.4) is 0 Å². The predicted molar refractivity (Wildman–Crippen MR) is 147 cm³/mol. The van der Waals surface area contributed by atoms with Crippen molar-refractivity contribution < 1.29 is 9.21 Å². The van der Waals surface area contributed by atoms with E-state index in [-0.39, 0.29) is 23.3 Å². The van der Waals surface area contributed by atoms with Gasteiger partial charge in [-0.05, 0) is 35.4 Å². The van der Waals surface area contributed by atoms with E-state index in [1.54, 1.807) is 24.5 Å². The van der Waals surface area contributed by atoms with Crippen molar-refractivity contribution >= 4 is 56.5 Å². The number of furan rings is 1. The Morgan fingerprint density at radius 3 is 2.68 bits per heavy atom. The molecule has 1 atom stereocenters. The Morgan fingerprint density at radius 2 is 1.92 bits per heavy atom. The van der Waals surface area contributed by atoms with Gasteiger partial charge < -0.3 is 9.40 Å². The molecule has 7 nitrogen and oxygen atoms in total. The van der Waals surface area contributed by atoms with E-state index in [9.17, 15) is 9.59 Å². The first kappa shape index (κ1) is 23.7. The summed E-state index contributed by atoms with van der Waals surface area (Å²) in [5.74, 6) is 0.500. The number of hydrogen-bond acceptors (Lipinski definition) is 7. The van der Waals surface area contributed by atoms with Crippen LogP contribution >= 0.6 is 34.7 Å². The van der Waals surface area contributed by atoms with Crippen LogP contribution in [0.2, 0.25) is 5.02 Å². The maximum absolute atomic E-state index is 13.3. The molecule has 0 aliphatic carbocycles. The van der Waals surface area contributed by atoms with Gasteiger partial charge in [0.15, 0.2) is 5.16 Å². The summed E-state index contributed by atoms with van der Waals surface area (Å²) in [5, 5.41) is 9.62. The van der Waals surface area contributed by atoms with Gasteiger partial charge in [0, 0.05) is 22.4 Å². The lowest BCUT2D eigenvalue weighted by Crippen LogP contribution is -2.28. The van der Waals surface area contributed by atoms with E-state index in [1.807, 2.05) is 53.9 Å². The van der Waals surface area contributed by atoms with E-state index in [0.29, 0.717) is 32.6 Å². The van der Waals surface area contributed by atoms with E-state index in [1.165, 1.54) is 28.1 Å². The van der Waals surface area contributed by atoms with Crippen LogP contribution in [0.15, 0.2) is 97.8 Å². The number of aromatic nitrogens is 2. The number of thiophene rings is 1. The van der Waals surface area contributed by atoms with Crippen molar-refractivity contribution in [2.45, 2.75) is 17.6 Å². The van der Waals surface area contributed by atoms with Crippen LogP contribution in [0.1, 0.15) is 23.8 Å². The molecule has 0 spiro atoms. The quantitative estimate of drug-likeness (QED) is 0.197. The second-order valence-electron chi connectivity index (χ2n) is 8.38. The molecule has 3 aromatic heterocycles. The molecule has 5 aromatic rings. The Morgan fingerprint density at radius 1 is 1.11 bits per heavy atom. The lowest BCUT2D eigenvalue weighted by Gasteiger charge is -2.19. The third-order valence-electron chi connectivity index (χ3n) is 6.05. The number of hydrogen-bond donors (Lipinski definition) is 1. The Bertz CT molecular complexity index is 1660. The van der Waals surface area contributed by atoms with Gasteiger partial charge in [0.1, 0.15) is 16.6 Å². The summed E-state index contributed by atoms with van der Waals surface area (Å²) in [7, 11) is 0. The highest BCUT2D eigenvalue weighted by molar-refractivity contribution is 7.99. The van der Waals surface area contributed by atoms with Gasteiger partial charge in [0.25, 0.3) is 11.5 Å². The molecule has 0 unspecified atom stereocenters. The second kappa shape index (κ2) is 10.0. The standard InChI is InChI=1S/C27H19ClN4O3S2/c28-18-10-8-17(9-11-18)20-13-21(22-7-4-12-35-22)32(31-20)23(33)15-37-27-29-25(34)24-19(14-36-26(24)30-27)16-5-2-1-3-6-16/h1-12,14,21H,13,15H2,(H,29,30,34)/t21-/m1/s1. The number of hydrazone groups is 1. The lowest BCUT2D eigenvalue weighted by atomic mass is 10.0. The maximum Gasteiger partial charge on any atom is 0.260 e. The van der Waals surface area contributed by atoms with Crippen molar-refractivity contribution in [2.75, 3.05) is 5.75 Å². The number of rotatable bonds is 6. The molecule has 4 heterocycles. The van der Waals surface area contributed by atoms with Crippen molar-refractivity contribution in [1.29, 1.82) is 0 Å². The van der Waals surface area contributed by atoms with Gasteiger partial charge in [-0.1, -0.05) is 65.8 Å². The zero-order chi connectivity index (χ0) is 25.4. The highest BCUT2D eigenvalue weighted by Crippen LogP contribution is 2.35. The van der Waals surface area contributed by atoms with E-state index >= 15 is 0 Å². The maximum atomic E-state index is 13.3. The van der Waals surface area contributed by atoms with E-state index < -0.39 is 0 Å². The number of thioether (sulfide) groups is 1. The highest BCUT2D eigenvalue weighted by Gasteiger charge is 2.34. The van der Waals surface area contributed by atoms with Crippen LogP contribution < -0.4 is 5.56 Å². The van der Waals surface area contributed by atoms with Crippen molar-refractivity contribution in [3.05, 3.63) is 105 Å². The molecule has 1 amide bonds. The Kier molecular flexibility index (Phi) is 6.42. The first-order chi connectivity index (χ1) is 18.1. The zero-order valence-corrected chi connectivity index (χ0v) is 21.6. The molecule has 1 N–H and O–H groups in total. The topological polar surface area (TPSA) is 91.6 Å². The largest absolute Gasteiger partial charge is 0.467 e. The molecule has 0 bridgehead atoms. The predicted octanol–water partition coefficient (Wildman–Crippen LogP) is 6.37. The van der Waals surface area contributed by atoms with Crippen LogP contribution in [-0.4, -0.2) is 32.3 Å². The minimum atomic E-state index is -0.353. The Balaban J connectivity index is 1.24. The van der Waals surface area contributed by atoms with Gasteiger partial charge in [0.2, 0.25) is 0 Å². The normalized spacial score (nSPS) is 15.3. The average molecular weight is 547 g/mol. The fourth-order valence-electron chi connectivity index (χ4n) is 4.28. The number of nitrogens with zero attached hydrogens (tertiary/aromatic N) is 3. The number of nitrogens with one attached hydrogen (secondary N) is 1. The Hall–Kier alpha value is -3.66. The van der Waals surface area contributed by atoms with Gasteiger partial charge in [0.05, 0.1) is 23.1 Å². The van der Waals surface area contributed by atoms with Gasteiger partial charge in [-0.15, -0.1) is 11.3 Å². The zero-order valence-electron chi connectivity index (χ0n) is 19.3. The van der Waals surface area contributed by atoms with Crippen molar-refractivity contribution in [1.82, 2.24) is 15.0 Å². The Labute approximate surface area is 224 Å². The van der Waals surface area contributed by atoms with Gasteiger partial charge in [-0.3, -0.25) is 9.59 Å². The van der Waals surface area contributed by atoms with Crippen molar-refractivity contribution in [2.24, 2.45) is 5.10 Å². The molecule has 0 saturated heterocycles. The van der Waals surface area contributed by atoms with Crippen molar-refractivity contribution in [3.63, 3.8) is 0 Å². The molecule has 6 rings (SSSR count). The van der Waals surface area contributed by atoms with Crippen LogP contribution in [0.25, 0.3) is 21.3 Å². The molecule has 184 valence electrons. The SMILES string of the molecule is O=C(CSc1nc2scc(-c3ccccc3)c2c(=O)[nH]1)N1N=C(c2ccc(Cl)cc2)C[C@@H]1c1ccco1. The van der Waals surface area contributed by atoms with Crippen LogP contribution in [0.5, 0.6) is 0 Å². The molecule has 10 heteroatoms. The number of H-pyrrole nitrogens is 1. The molecular weight excluding hydrogens is 528 g/mol. The first-order valence-corrected chi connectivity index (χ1v) is 13.7. The fraction of sp³-hybridized carbons (Fsp3) is 0.111. The summed E-state index contributed by atoms with van der Waals surface area (Å²) in [4.78, 5) is 34.3. The van der Waals surface area contributed by atoms with E-state index in [0.717, 1.165) is 22.4 Å². The minimum Gasteiger partial charge on any atom is -0.467 e. The molecule has 0 fully saturated rings. The third kappa shape index (κ3) is 4.73. The monoisotopic (exact) mass is 546 g/mol. The number of fused-ring (bicyclic) bond motifs is 1. The molecule has 37 heavy (non-hydrogen) atoms. The van der Waals surface area contributed by atoms with Crippen LogP contribution in [0.4, 0.5) is 0 Å². The average Bonchev–Trinajstić information content (AvgIpc) is 3.68. The van der Waals surface area contributed by atoms with Crippen LogP contribution in [-0.2, 0) is 4.79 Å². The minimum absolute atomic E-state index is 0.0555. The number of amides is 1. The van der Waals surface area contributed by atoms with Gasteiger partial charge in [-0.2, -0.15) is 5.10 Å². The molecular formula is C27H19ClN4O3S2. The molecule has 1 aliphatic rings. The number of halogens is 1. The van der Waals surface area contributed by atoms with Gasteiger partial charge in [-0.25, -0.2) is 9.99 Å². The summed E-state index contributed by atoms with van der Waals surface area (Å²) in [6.07, 6.45) is 2.10. The summed E-state index contributed by atoms with van der Waals surface area (Å²) in [6.45, 7) is 0. The highest BCUT2D eigenvalue weighted by atomic mass is 35.5. The first-order valence-electron chi connectivity index (χ1n) is 11.5. The molecule has 2 aromatic carbocycles. The van der Waals surface area contributed by atoms with Crippen molar-refractivity contribution in [3.8, 4) is 11.1 Å².